The van der Waals surface area contributed by atoms with Gasteiger partial charge in [-0.2, -0.15) is 0 Å². The van der Waals surface area contributed by atoms with Crippen LogP contribution in [0.2, 0.25) is 0 Å². The van der Waals surface area contributed by atoms with E-state index >= 15 is 0 Å². The molecule has 24 heavy (non-hydrogen) atoms. The summed E-state index contributed by atoms with van der Waals surface area (Å²) >= 11 is 0. The average Bonchev–Trinajstić information content (AvgIpc) is 2.61. The van der Waals surface area contributed by atoms with Gasteiger partial charge >= 0.3 is 0 Å². The topological polar surface area (TPSA) is 55.3 Å². The number of hydrogen-bond acceptors (Lipinski definition) is 4. The van der Waals surface area contributed by atoms with Gasteiger partial charge in [-0.05, 0) is 18.4 Å². The molecule has 5 nitrogen and oxygen atoms in total. The second-order valence-electron chi connectivity index (χ2n) is 6.53. The molecule has 0 unspecified atom stereocenters. The predicted molar refractivity (Wildman–Crippen MR) is 91.8 cm³/mol. The van der Waals surface area contributed by atoms with Gasteiger partial charge in [-0.25, -0.2) is 9.97 Å². The molecule has 2 aromatic rings. The Morgan fingerprint density at radius 1 is 1.25 bits per heavy atom. The molecular weight excluding hydrogens is 302 g/mol. The van der Waals surface area contributed by atoms with Crippen LogP contribution in [-0.4, -0.2) is 40.0 Å². The minimum absolute atomic E-state index is 0.0139. The van der Waals surface area contributed by atoms with E-state index in [1.54, 1.807) is 6.20 Å². The molecule has 1 amide bonds. The summed E-state index contributed by atoms with van der Waals surface area (Å²) in [5.74, 6) is 0.158. The molecule has 1 aliphatic rings. The Morgan fingerprint density at radius 2 is 2.00 bits per heavy atom. The number of morpholine rings is 1. The van der Waals surface area contributed by atoms with Crippen molar-refractivity contribution in [2.24, 2.45) is 0 Å². The molecule has 1 fully saturated rings. The zero-order chi connectivity index (χ0) is 17.1. The first kappa shape index (κ1) is 16.6. The number of benzene rings is 1. The molecule has 1 saturated heterocycles. The van der Waals surface area contributed by atoms with Crippen molar-refractivity contribution in [3.63, 3.8) is 0 Å². The predicted octanol–water partition coefficient (Wildman–Crippen LogP) is 3.20. The third-order valence-electron chi connectivity index (χ3n) is 4.24. The van der Waals surface area contributed by atoms with Crippen LogP contribution in [0.3, 0.4) is 0 Å². The first-order chi connectivity index (χ1) is 11.6. The van der Waals surface area contributed by atoms with Gasteiger partial charge in [0.05, 0.1) is 23.9 Å². The third kappa shape index (κ3) is 3.46. The van der Waals surface area contributed by atoms with Crippen LogP contribution in [0, 0.1) is 0 Å². The van der Waals surface area contributed by atoms with E-state index in [-0.39, 0.29) is 24.0 Å². The summed E-state index contributed by atoms with van der Waals surface area (Å²) in [5.41, 5.74) is 2.48. The number of carbonyl (C=O) groups is 1. The van der Waals surface area contributed by atoms with Crippen molar-refractivity contribution in [1.29, 1.82) is 0 Å². The summed E-state index contributed by atoms with van der Waals surface area (Å²) in [6.07, 6.45) is 3.01. The Hall–Kier alpha value is -2.27. The largest absolute Gasteiger partial charge is 0.367 e. The van der Waals surface area contributed by atoms with Gasteiger partial charge in [0, 0.05) is 12.7 Å². The lowest BCUT2D eigenvalue weighted by atomic mass is 10.0. The molecule has 0 spiro atoms. The molecule has 1 aromatic heterocycles. The molecule has 0 radical (unpaired) electrons. The number of hydrogen-bond donors (Lipinski definition) is 0. The van der Waals surface area contributed by atoms with Gasteiger partial charge in [0.2, 0.25) is 0 Å². The van der Waals surface area contributed by atoms with Crippen molar-refractivity contribution >= 4 is 5.91 Å². The maximum atomic E-state index is 13.0. The van der Waals surface area contributed by atoms with Crippen LogP contribution < -0.4 is 0 Å². The van der Waals surface area contributed by atoms with Crippen LogP contribution in [0.15, 0.2) is 42.9 Å². The molecule has 0 aliphatic carbocycles. The summed E-state index contributed by atoms with van der Waals surface area (Å²) in [7, 11) is 0. The highest BCUT2D eigenvalue weighted by Gasteiger charge is 2.31. The maximum Gasteiger partial charge on any atom is 0.257 e. The minimum atomic E-state index is -0.106. The Labute approximate surface area is 142 Å². The number of aromatic nitrogens is 2. The van der Waals surface area contributed by atoms with E-state index in [9.17, 15) is 4.79 Å². The van der Waals surface area contributed by atoms with Gasteiger partial charge < -0.3 is 9.64 Å². The average molecular weight is 325 g/mol. The van der Waals surface area contributed by atoms with E-state index in [0.717, 1.165) is 11.3 Å². The van der Waals surface area contributed by atoms with Gasteiger partial charge in [-0.3, -0.25) is 4.79 Å². The lowest BCUT2D eigenvalue weighted by Crippen LogP contribution is -2.46. The number of nitrogens with zero attached hydrogens (tertiary/aromatic N) is 3. The zero-order valence-corrected chi connectivity index (χ0v) is 14.3. The van der Waals surface area contributed by atoms with Crippen LogP contribution in [0.25, 0.3) is 0 Å². The van der Waals surface area contributed by atoms with Crippen molar-refractivity contribution in [3.05, 3.63) is 59.7 Å². The van der Waals surface area contributed by atoms with Crippen molar-refractivity contribution in [3.8, 4) is 0 Å². The maximum absolute atomic E-state index is 13.0. The summed E-state index contributed by atoms with van der Waals surface area (Å²) in [6.45, 7) is 7.19. The normalized spacial score (nSPS) is 21.1. The Bertz CT molecular complexity index is 703. The van der Waals surface area contributed by atoms with Gasteiger partial charge in [-0.15, -0.1) is 0 Å². The van der Waals surface area contributed by atoms with E-state index < -0.39 is 0 Å². The van der Waals surface area contributed by atoms with Crippen LogP contribution in [0.4, 0.5) is 0 Å². The first-order valence-corrected chi connectivity index (χ1v) is 8.36. The second kappa shape index (κ2) is 7.09. The molecule has 0 N–H and O–H groups in total. The summed E-state index contributed by atoms with van der Waals surface area (Å²) < 4.78 is 6.04. The molecule has 1 aromatic carbocycles. The number of ether oxygens (including phenoxy) is 1. The van der Waals surface area contributed by atoms with E-state index in [2.05, 4.69) is 9.97 Å². The summed E-state index contributed by atoms with van der Waals surface area (Å²) in [6, 6.07) is 10.0. The molecular formula is C19H23N3O2. The monoisotopic (exact) mass is 325 g/mol. The molecule has 3 rings (SSSR count). The summed E-state index contributed by atoms with van der Waals surface area (Å²) in [4.78, 5) is 23.2. The third-order valence-corrected chi connectivity index (χ3v) is 4.24. The number of carbonyl (C=O) groups excluding carboxylic acids is 1. The Kier molecular flexibility index (Phi) is 4.90. The van der Waals surface area contributed by atoms with Crippen molar-refractivity contribution < 1.29 is 9.53 Å². The fourth-order valence-corrected chi connectivity index (χ4v) is 3.10. The fourth-order valence-electron chi connectivity index (χ4n) is 3.10. The lowest BCUT2D eigenvalue weighted by Gasteiger charge is -2.37. The molecule has 2 heterocycles. The number of amides is 1. The molecule has 0 bridgehead atoms. The standard InChI is InChI=1S/C19H23N3O2/c1-13(2)18-16(9-20-12-21-18)19(23)22-10-14(3)24-17(11-22)15-7-5-4-6-8-15/h4-9,12-14,17H,10-11H2,1-3H3/t14-,17-/m1/s1. The zero-order valence-electron chi connectivity index (χ0n) is 14.3. The van der Waals surface area contributed by atoms with Crippen LogP contribution >= 0.6 is 0 Å². The SMILES string of the molecule is CC(C)c1ncncc1C(=O)N1C[C@@H](C)O[C@@H](c2ccccc2)C1. The first-order valence-electron chi connectivity index (χ1n) is 8.36. The van der Waals surface area contributed by atoms with Gasteiger partial charge in [-0.1, -0.05) is 44.2 Å². The van der Waals surface area contributed by atoms with E-state index in [4.69, 9.17) is 4.74 Å². The van der Waals surface area contributed by atoms with Crippen molar-refractivity contribution in [2.75, 3.05) is 13.1 Å². The van der Waals surface area contributed by atoms with E-state index in [1.165, 1.54) is 6.33 Å². The fraction of sp³-hybridized carbons (Fsp3) is 0.421. The molecule has 5 heteroatoms. The molecule has 0 saturated carbocycles. The highest BCUT2D eigenvalue weighted by molar-refractivity contribution is 5.95. The van der Waals surface area contributed by atoms with E-state index in [1.807, 2.05) is 56.0 Å². The van der Waals surface area contributed by atoms with Crippen LogP contribution in [0.5, 0.6) is 0 Å². The molecule has 126 valence electrons. The minimum Gasteiger partial charge on any atom is -0.367 e. The highest BCUT2D eigenvalue weighted by atomic mass is 16.5. The summed E-state index contributed by atoms with van der Waals surface area (Å²) in [5, 5.41) is 0. The van der Waals surface area contributed by atoms with Gasteiger partial charge in [0.25, 0.3) is 5.91 Å². The van der Waals surface area contributed by atoms with Gasteiger partial charge in [0.1, 0.15) is 12.4 Å². The number of rotatable bonds is 3. The van der Waals surface area contributed by atoms with Crippen molar-refractivity contribution in [2.45, 2.75) is 38.9 Å². The van der Waals surface area contributed by atoms with E-state index in [0.29, 0.717) is 18.7 Å². The van der Waals surface area contributed by atoms with Crippen LogP contribution in [-0.2, 0) is 4.74 Å². The quantitative estimate of drug-likeness (QED) is 0.869. The second-order valence-corrected chi connectivity index (χ2v) is 6.53. The Morgan fingerprint density at radius 3 is 2.71 bits per heavy atom. The van der Waals surface area contributed by atoms with Gasteiger partial charge in [0.15, 0.2) is 0 Å². The molecule has 2 atom stereocenters. The lowest BCUT2D eigenvalue weighted by molar-refractivity contribution is -0.0692. The Balaban J connectivity index is 1.85. The van der Waals surface area contributed by atoms with Crippen LogP contribution in [0.1, 0.15) is 54.4 Å². The smallest absolute Gasteiger partial charge is 0.257 e. The van der Waals surface area contributed by atoms with Crippen molar-refractivity contribution in [1.82, 2.24) is 14.9 Å². The highest BCUT2D eigenvalue weighted by Crippen LogP contribution is 2.27. The molecule has 1 aliphatic heterocycles.